The second kappa shape index (κ2) is 12.3. The number of pyridine rings is 1. The predicted octanol–water partition coefficient (Wildman–Crippen LogP) is 4.17. The van der Waals surface area contributed by atoms with E-state index in [1.165, 1.54) is 24.3 Å². The predicted molar refractivity (Wildman–Crippen MR) is 146 cm³/mol. The first-order valence-corrected chi connectivity index (χ1v) is 13.1. The highest BCUT2D eigenvalue weighted by atomic mass is 35.5. The number of aliphatic hydroxyl groups excluding tert-OH is 4. The Morgan fingerprint density at radius 3 is 2.24 bits per heavy atom. The van der Waals surface area contributed by atoms with Crippen molar-refractivity contribution in [3.8, 4) is 11.5 Å². The first-order valence-electron chi connectivity index (χ1n) is 12.8. The number of aromatic nitrogens is 1. The van der Waals surface area contributed by atoms with Crippen molar-refractivity contribution in [3.63, 3.8) is 0 Å². The van der Waals surface area contributed by atoms with Crippen molar-refractivity contribution in [3.05, 3.63) is 95.1 Å². The third-order valence-corrected chi connectivity index (χ3v) is 7.01. The van der Waals surface area contributed by atoms with Crippen LogP contribution in [0.1, 0.15) is 17.3 Å². The normalized spacial score (nSPS) is 23.4. The second-order valence-electron chi connectivity index (χ2n) is 9.58. The molecule has 1 aromatic heterocycles. The van der Waals surface area contributed by atoms with Gasteiger partial charge in [0, 0.05) is 11.1 Å². The number of ether oxygens (including phenoxy) is 3. The minimum absolute atomic E-state index is 0.255. The Morgan fingerprint density at radius 2 is 1.57 bits per heavy atom. The molecule has 1 saturated heterocycles. The second-order valence-corrected chi connectivity index (χ2v) is 9.99. The van der Waals surface area contributed by atoms with Gasteiger partial charge in [0.05, 0.1) is 28.9 Å². The number of aliphatic hydroxyl groups is 4. The molecule has 3 aromatic carbocycles. The number of para-hydroxylation sites is 1. The molecule has 13 heteroatoms. The van der Waals surface area contributed by atoms with Crippen molar-refractivity contribution in [2.24, 2.45) is 0 Å². The molecule has 1 aliphatic rings. The summed E-state index contributed by atoms with van der Waals surface area (Å²) in [6, 6.07) is 20.2. The molecule has 222 valence electrons. The number of hydrogen-bond donors (Lipinski definition) is 5. The molecule has 5 N–H and O–H groups in total. The number of nitrogens with one attached hydrogen (secondary N) is 1. The van der Waals surface area contributed by atoms with E-state index in [1.807, 2.05) is 12.1 Å². The molecule has 0 bridgehead atoms. The lowest BCUT2D eigenvalue weighted by Gasteiger charge is -2.39. The summed E-state index contributed by atoms with van der Waals surface area (Å²) in [4.78, 5) is 4.72. The first-order chi connectivity index (χ1) is 20.0. The Kier molecular flexibility index (Phi) is 8.73. The molecule has 1 aliphatic heterocycles. The lowest BCUT2D eigenvalue weighted by molar-refractivity contribution is -0.277. The number of nitrogens with zero attached hydrogens (tertiary/aromatic N) is 1. The van der Waals surface area contributed by atoms with Crippen LogP contribution in [0.15, 0.2) is 78.9 Å². The van der Waals surface area contributed by atoms with E-state index in [1.54, 1.807) is 42.5 Å². The smallest absolute Gasteiger partial charge is 0.462 e. The van der Waals surface area contributed by atoms with Crippen molar-refractivity contribution < 1.29 is 47.8 Å². The summed E-state index contributed by atoms with van der Waals surface area (Å²) >= 11 is 6.37. The highest BCUT2D eigenvalue weighted by Crippen LogP contribution is 2.32. The number of rotatable bonds is 8. The summed E-state index contributed by atoms with van der Waals surface area (Å²) in [5.74, 6) is -0.111. The van der Waals surface area contributed by atoms with E-state index < -0.39 is 49.7 Å². The molecule has 6 atom stereocenters. The number of benzene rings is 3. The molecule has 2 heterocycles. The van der Waals surface area contributed by atoms with Crippen LogP contribution in [0.25, 0.3) is 10.9 Å². The topological polar surface area (TPSA) is 134 Å². The molecule has 5 rings (SSSR count). The Morgan fingerprint density at radius 1 is 0.881 bits per heavy atom. The van der Waals surface area contributed by atoms with Gasteiger partial charge in [0.2, 0.25) is 6.29 Å². The molecule has 4 aromatic rings. The van der Waals surface area contributed by atoms with Crippen molar-refractivity contribution in [1.82, 2.24) is 4.98 Å². The van der Waals surface area contributed by atoms with Gasteiger partial charge in [-0.15, -0.1) is 13.2 Å². The number of hydrogen-bond acceptors (Lipinski definition) is 9. The van der Waals surface area contributed by atoms with E-state index in [4.69, 9.17) is 26.1 Å². The lowest BCUT2D eigenvalue weighted by Crippen LogP contribution is -2.60. The molecule has 0 saturated carbocycles. The van der Waals surface area contributed by atoms with Gasteiger partial charge in [0.1, 0.15) is 35.9 Å². The van der Waals surface area contributed by atoms with Gasteiger partial charge in [-0.25, -0.2) is 4.98 Å². The number of alkyl halides is 3. The first kappa shape index (κ1) is 29.8. The molecular weight excluding hydrogens is 581 g/mol. The number of halogens is 4. The van der Waals surface area contributed by atoms with Crippen molar-refractivity contribution in [2.45, 2.75) is 43.1 Å². The van der Waals surface area contributed by atoms with Crippen LogP contribution in [-0.2, 0) is 4.74 Å². The van der Waals surface area contributed by atoms with Crippen LogP contribution in [0.4, 0.5) is 18.9 Å². The van der Waals surface area contributed by atoms with Gasteiger partial charge in [-0.05, 0) is 54.1 Å². The summed E-state index contributed by atoms with van der Waals surface area (Å²) in [7, 11) is 0. The monoisotopic (exact) mass is 606 g/mol. The van der Waals surface area contributed by atoms with Gasteiger partial charge < -0.3 is 40.0 Å². The fourth-order valence-corrected chi connectivity index (χ4v) is 4.80. The standard InChI is InChI=1S/C29H26ClF3N2O7/c30-20-3-1-2-15-6-13-21(35-23(15)20)24(16-4-9-19(10-5-16)42-29(31,32)33)34-17-7-11-18(12-8-17)40-28-27(39)26(38)25(37)22(14-36)41-28/h1-13,22,24-28,34,36-39H,14H2/t22-,24?,25+,26+,27-,28-/m1/s1. The molecule has 1 unspecified atom stereocenters. The molecule has 1 fully saturated rings. The zero-order valence-corrected chi connectivity index (χ0v) is 22.4. The quantitative estimate of drug-likeness (QED) is 0.200. The molecule has 0 spiro atoms. The third kappa shape index (κ3) is 6.70. The van der Waals surface area contributed by atoms with Crippen LogP contribution >= 0.6 is 11.6 Å². The molecule has 0 aliphatic carbocycles. The fourth-order valence-electron chi connectivity index (χ4n) is 4.57. The van der Waals surface area contributed by atoms with Crippen LogP contribution in [0, 0.1) is 0 Å². The van der Waals surface area contributed by atoms with Crippen molar-refractivity contribution >= 4 is 28.2 Å². The van der Waals surface area contributed by atoms with Crippen molar-refractivity contribution in [1.29, 1.82) is 0 Å². The maximum atomic E-state index is 12.7. The number of fused-ring (bicyclic) bond motifs is 1. The highest BCUT2D eigenvalue weighted by Gasteiger charge is 2.44. The summed E-state index contributed by atoms with van der Waals surface area (Å²) < 4.78 is 53.1. The van der Waals surface area contributed by atoms with Crippen LogP contribution in [-0.4, -0.2) is 69.1 Å². The minimum Gasteiger partial charge on any atom is -0.462 e. The Balaban J connectivity index is 1.40. The fraction of sp³-hybridized carbons (Fsp3) is 0.276. The SMILES string of the molecule is OC[C@H]1O[C@@H](Oc2ccc(NC(c3ccc(OC(F)(F)F)cc3)c3ccc4cccc(Cl)c4n3)cc2)[C@H](O)[C@@H](O)[C@H]1O. The van der Waals surface area contributed by atoms with E-state index >= 15 is 0 Å². The summed E-state index contributed by atoms with van der Waals surface area (Å²) in [5, 5.41) is 44.2. The van der Waals surface area contributed by atoms with E-state index in [-0.39, 0.29) is 11.5 Å². The van der Waals surface area contributed by atoms with Gasteiger partial charge in [-0.1, -0.05) is 41.9 Å². The zero-order chi connectivity index (χ0) is 30.0. The maximum Gasteiger partial charge on any atom is 0.573 e. The summed E-state index contributed by atoms with van der Waals surface area (Å²) in [6.45, 7) is -0.591. The van der Waals surface area contributed by atoms with E-state index in [9.17, 15) is 33.6 Å². The van der Waals surface area contributed by atoms with Gasteiger partial charge in [-0.3, -0.25) is 0 Å². The van der Waals surface area contributed by atoms with E-state index in [2.05, 4.69) is 10.1 Å². The van der Waals surface area contributed by atoms with Crippen LogP contribution in [0.5, 0.6) is 11.5 Å². The summed E-state index contributed by atoms with van der Waals surface area (Å²) in [6.07, 6.45) is -12.0. The molecule has 0 radical (unpaired) electrons. The van der Waals surface area contributed by atoms with Crippen molar-refractivity contribution in [2.75, 3.05) is 11.9 Å². The average Bonchev–Trinajstić information content (AvgIpc) is 2.97. The zero-order valence-electron chi connectivity index (χ0n) is 21.6. The Bertz CT molecular complexity index is 1510. The third-order valence-electron chi connectivity index (χ3n) is 6.70. The van der Waals surface area contributed by atoms with E-state index in [0.29, 0.717) is 27.5 Å². The summed E-state index contributed by atoms with van der Waals surface area (Å²) in [5.41, 5.74) is 2.27. The van der Waals surface area contributed by atoms with Gasteiger partial charge in [-0.2, -0.15) is 0 Å². The molecule has 0 amide bonds. The highest BCUT2D eigenvalue weighted by molar-refractivity contribution is 6.35. The Hall–Kier alpha value is -3.65. The van der Waals surface area contributed by atoms with E-state index in [0.717, 1.165) is 5.39 Å². The van der Waals surface area contributed by atoms with Gasteiger partial charge >= 0.3 is 6.36 Å². The Labute approximate surface area is 242 Å². The van der Waals surface area contributed by atoms with Crippen LogP contribution in [0.2, 0.25) is 5.02 Å². The van der Waals surface area contributed by atoms with Gasteiger partial charge in [0.15, 0.2) is 0 Å². The van der Waals surface area contributed by atoms with Crippen LogP contribution in [0.3, 0.4) is 0 Å². The average molecular weight is 607 g/mol. The van der Waals surface area contributed by atoms with Crippen LogP contribution < -0.4 is 14.8 Å². The maximum absolute atomic E-state index is 12.7. The molecular formula is C29H26ClF3N2O7. The van der Waals surface area contributed by atoms with Gasteiger partial charge in [0.25, 0.3) is 0 Å². The number of anilines is 1. The lowest BCUT2D eigenvalue weighted by atomic mass is 9.99. The molecule has 9 nitrogen and oxygen atoms in total. The largest absolute Gasteiger partial charge is 0.573 e. The minimum atomic E-state index is -4.82. The molecule has 42 heavy (non-hydrogen) atoms.